The number of halogens is 1. The first-order chi connectivity index (χ1) is 6.72. The van der Waals surface area contributed by atoms with Gasteiger partial charge in [0, 0.05) is 6.20 Å². The first-order valence-corrected chi connectivity index (χ1v) is 4.34. The predicted octanol–water partition coefficient (Wildman–Crippen LogP) is 1.87. The quantitative estimate of drug-likeness (QED) is 0.779. The van der Waals surface area contributed by atoms with Gasteiger partial charge in [-0.2, -0.15) is 0 Å². The Morgan fingerprint density at radius 2 is 2.07 bits per heavy atom. The highest BCUT2D eigenvalue weighted by molar-refractivity contribution is 6.31. The molecule has 0 bridgehead atoms. The van der Waals surface area contributed by atoms with E-state index >= 15 is 0 Å². The zero-order valence-electron chi connectivity index (χ0n) is 7.49. The van der Waals surface area contributed by atoms with Crippen LogP contribution in [-0.4, -0.2) is 17.1 Å². The summed E-state index contributed by atoms with van der Waals surface area (Å²) >= 11 is 5.81. The van der Waals surface area contributed by atoms with E-state index in [1.54, 1.807) is 13.2 Å². The van der Waals surface area contributed by atoms with Crippen molar-refractivity contribution in [2.24, 2.45) is 0 Å². The average molecular weight is 210 g/mol. The van der Waals surface area contributed by atoms with Crippen molar-refractivity contribution < 1.29 is 4.74 Å². The fourth-order valence-electron chi connectivity index (χ4n) is 1.27. The number of anilines is 1. The third-order valence-corrected chi connectivity index (χ3v) is 2.08. The van der Waals surface area contributed by atoms with Gasteiger partial charge in [0.1, 0.15) is 0 Å². The Balaban J connectivity index is 2.84. The van der Waals surface area contributed by atoms with Gasteiger partial charge in [0.2, 0.25) is 0 Å². The zero-order valence-corrected chi connectivity index (χ0v) is 8.25. The van der Waals surface area contributed by atoms with Gasteiger partial charge < -0.3 is 10.5 Å². The summed E-state index contributed by atoms with van der Waals surface area (Å²) in [4.78, 5) is 8.11. The Morgan fingerprint density at radius 1 is 1.36 bits per heavy atom. The van der Waals surface area contributed by atoms with Gasteiger partial charge in [-0.25, -0.2) is 9.97 Å². The lowest BCUT2D eigenvalue weighted by molar-refractivity contribution is 0.421. The second kappa shape index (κ2) is 3.31. The Bertz CT molecular complexity index is 481. The largest absolute Gasteiger partial charge is 0.494 e. The number of methoxy groups -OCH3 is 1. The Labute approximate surface area is 85.7 Å². The molecule has 2 heterocycles. The van der Waals surface area contributed by atoms with Gasteiger partial charge in [0.15, 0.2) is 11.4 Å². The van der Waals surface area contributed by atoms with Crippen LogP contribution in [0.5, 0.6) is 5.75 Å². The average Bonchev–Trinajstić information content (AvgIpc) is 2.17. The minimum atomic E-state index is 0.476. The van der Waals surface area contributed by atoms with E-state index in [0.717, 1.165) is 5.39 Å². The lowest BCUT2D eigenvalue weighted by Gasteiger charge is -2.06. The molecule has 2 rings (SSSR count). The monoisotopic (exact) mass is 209 g/mol. The molecule has 72 valence electrons. The first kappa shape index (κ1) is 9.02. The van der Waals surface area contributed by atoms with Crippen molar-refractivity contribution in [1.82, 2.24) is 9.97 Å². The van der Waals surface area contributed by atoms with Crippen LogP contribution in [0.4, 0.5) is 5.69 Å². The summed E-state index contributed by atoms with van der Waals surface area (Å²) in [6, 6.07) is 1.73. The maximum absolute atomic E-state index is 5.81. The molecule has 0 aromatic carbocycles. The molecule has 0 amide bonds. The molecule has 5 heteroatoms. The molecule has 2 N–H and O–H groups in total. The van der Waals surface area contributed by atoms with Crippen molar-refractivity contribution in [3.63, 3.8) is 0 Å². The number of rotatable bonds is 1. The van der Waals surface area contributed by atoms with Crippen molar-refractivity contribution in [2.45, 2.75) is 0 Å². The van der Waals surface area contributed by atoms with E-state index in [0.29, 0.717) is 22.1 Å². The summed E-state index contributed by atoms with van der Waals surface area (Å²) in [5.74, 6) is 0.560. The molecule has 0 unspecified atom stereocenters. The van der Waals surface area contributed by atoms with E-state index < -0.39 is 0 Å². The summed E-state index contributed by atoms with van der Waals surface area (Å²) < 4.78 is 5.15. The normalized spacial score (nSPS) is 10.4. The lowest BCUT2D eigenvalue weighted by Crippen LogP contribution is -1.96. The number of nitrogens with zero attached hydrogens (tertiary/aromatic N) is 2. The molecule has 2 aromatic heterocycles. The highest BCUT2D eigenvalue weighted by atomic mass is 35.5. The van der Waals surface area contributed by atoms with E-state index in [2.05, 4.69) is 9.97 Å². The van der Waals surface area contributed by atoms with Crippen molar-refractivity contribution in [2.75, 3.05) is 12.8 Å². The SMILES string of the molecule is COc1c(N)cnc2ncc(Cl)cc12. The zero-order chi connectivity index (χ0) is 10.1. The van der Waals surface area contributed by atoms with Gasteiger partial charge in [-0.3, -0.25) is 0 Å². The molecule has 14 heavy (non-hydrogen) atoms. The van der Waals surface area contributed by atoms with Crippen LogP contribution in [0.25, 0.3) is 11.0 Å². The molecule has 0 saturated carbocycles. The summed E-state index contributed by atoms with van der Waals surface area (Å²) in [7, 11) is 1.55. The molecule has 0 aliphatic carbocycles. The van der Waals surface area contributed by atoms with Crippen molar-refractivity contribution in [1.29, 1.82) is 0 Å². The summed E-state index contributed by atoms with van der Waals surface area (Å²) in [5, 5.41) is 1.25. The van der Waals surface area contributed by atoms with Gasteiger partial charge in [0.25, 0.3) is 0 Å². The highest BCUT2D eigenvalue weighted by Gasteiger charge is 2.07. The molecule has 0 spiro atoms. The van der Waals surface area contributed by atoms with Crippen LogP contribution < -0.4 is 10.5 Å². The number of fused-ring (bicyclic) bond motifs is 1. The maximum Gasteiger partial charge on any atom is 0.163 e. The fourth-order valence-corrected chi connectivity index (χ4v) is 1.43. The van der Waals surface area contributed by atoms with E-state index in [1.165, 1.54) is 12.4 Å². The highest BCUT2D eigenvalue weighted by Crippen LogP contribution is 2.30. The third kappa shape index (κ3) is 1.33. The topological polar surface area (TPSA) is 61.0 Å². The maximum atomic E-state index is 5.81. The minimum Gasteiger partial charge on any atom is -0.494 e. The van der Waals surface area contributed by atoms with E-state index in [9.17, 15) is 0 Å². The summed E-state index contributed by atoms with van der Waals surface area (Å²) in [5.41, 5.74) is 6.73. The number of aromatic nitrogens is 2. The van der Waals surface area contributed by atoms with Gasteiger partial charge in [-0.15, -0.1) is 0 Å². The molecule has 0 radical (unpaired) electrons. The predicted molar refractivity (Wildman–Crippen MR) is 55.5 cm³/mol. The number of ether oxygens (including phenoxy) is 1. The summed E-state index contributed by atoms with van der Waals surface area (Å²) in [6.07, 6.45) is 3.05. The van der Waals surface area contributed by atoms with Crippen molar-refractivity contribution in [3.05, 3.63) is 23.5 Å². The molecule has 0 fully saturated rings. The van der Waals surface area contributed by atoms with Crippen LogP contribution in [0.2, 0.25) is 5.02 Å². The lowest BCUT2D eigenvalue weighted by atomic mass is 10.2. The van der Waals surface area contributed by atoms with Crippen molar-refractivity contribution in [3.8, 4) is 5.75 Å². The van der Waals surface area contributed by atoms with Crippen molar-refractivity contribution >= 4 is 28.3 Å². The molecule has 0 aliphatic heterocycles. The number of hydrogen-bond acceptors (Lipinski definition) is 4. The Morgan fingerprint density at radius 3 is 2.79 bits per heavy atom. The number of nitrogens with two attached hydrogens (primary N) is 1. The van der Waals surface area contributed by atoms with E-state index in [1.807, 2.05) is 0 Å². The number of nitrogen functional groups attached to an aromatic ring is 1. The van der Waals surface area contributed by atoms with Gasteiger partial charge in [0.05, 0.1) is 29.4 Å². The molecular weight excluding hydrogens is 202 g/mol. The molecule has 4 nitrogen and oxygen atoms in total. The second-order valence-corrected chi connectivity index (χ2v) is 3.21. The third-order valence-electron chi connectivity index (χ3n) is 1.87. The standard InChI is InChI=1S/C9H8ClN3O/c1-14-8-6-2-5(10)3-12-9(6)13-4-7(8)11/h2-4H,11H2,1H3. The Kier molecular flexibility index (Phi) is 2.13. The van der Waals surface area contributed by atoms with E-state index in [-0.39, 0.29) is 0 Å². The van der Waals surface area contributed by atoms with Gasteiger partial charge in [-0.1, -0.05) is 11.6 Å². The van der Waals surface area contributed by atoms with Gasteiger partial charge >= 0.3 is 0 Å². The molecule has 0 aliphatic rings. The fraction of sp³-hybridized carbons (Fsp3) is 0.111. The van der Waals surface area contributed by atoms with Crippen LogP contribution >= 0.6 is 11.6 Å². The van der Waals surface area contributed by atoms with Crippen LogP contribution in [0.3, 0.4) is 0 Å². The smallest absolute Gasteiger partial charge is 0.163 e. The molecule has 2 aromatic rings. The van der Waals surface area contributed by atoms with Crippen LogP contribution in [0, 0.1) is 0 Å². The second-order valence-electron chi connectivity index (χ2n) is 2.77. The van der Waals surface area contributed by atoms with Crippen LogP contribution in [-0.2, 0) is 0 Å². The minimum absolute atomic E-state index is 0.476. The van der Waals surface area contributed by atoms with Crippen LogP contribution in [0.15, 0.2) is 18.5 Å². The molecule has 0 atom stereocenters. The van der Waals surface area contributed by atoms with Gasteiger partial charge in [-0.05, 0) is 6.07 Å². The molecular formula is C9H8ClN3O. The van der Waals surface area contributed by atoms with Crippen LogP contribution in [0.1, 0.15) is 0 Å². The Hall–Kier alpha value is -1.55. The summed E-state index contributed by atoms with van der Waals surface area (Å²) in [6.45, 7) is 0. The first-order valence-electron chi connectivity index (χ1n) is 3.96. The molecule has 0 saturated heterocycles. The number of hydrogen-bond donors (Lipinski definition) is 1. The number of pyridine rings is 2. The van der Waals surface area contributed by atoms with E-state index in [4.69, 9.17) is 22.1 Å².